The van der Waals surface area contributed by atoms with Gasteiger partial charge in [0.15, 0.2) is 0 Å². The fraction of sp³-hybridized carbons (Fsp3) is 0.600. The van der Waals surface area contributed by atoms with Gasteiger partial charge in [0.05, 0.1) is 6.10 Å². The van der Waals surface area contributed by atoms with Gasteiger partial charge in [0, 0.05) is 23.1 Å². The van der Waals surface area contributed by atoms with Crippen molar-refractivity contribution in [3.8, 4) is 5.75 Å². The van der Waals surface area contributed by atoms with E-state index in [9.17, 15) is 10.2 Å². The fourth-order valence-corrected chi connectivity index (χ4v) is 2.60. The van der Waals surface area contributed by atoms with Crippen LogP contribution in [0.5, 0.6) is 5.75 Å². The first-order valence-electron chi connectivity index (χ1n) is 6.56. The number of aliphatic hydroxyl groups is 1. The minimum atomic E-state index is -0.228. The van der Waals surface area contributed by atoms with E-state index in [1.165, 1.54) is 0 Å². The Morgan fingerprint density at radius 3 is 2.56 bits per heavy atom. The van der Waals surface area contributed by atoms with Crippen LogP contribution in [0, 0.1) is 12.3 Å². The Kier molecular flexibility index (Phi) is 3.39. The predicted octanol–water partition coefficient (Wildman–Crippen LogP) is 2.51. The number of aromatic hydroxyl groups is 1. The van der Waals surface area contributed by atoms with Crippen molar-refractivity contribution < 1.29 is 10.2 Å². The molecule has 0 radical (unpaired) electrons. The third-order valence-electron chi connectivity index (χ3n) is 4.32. The number of benzene rings is 1. The highest BCUT2D eigenvalue weighted by molar-refractivity contribution is 5.38. The number of hydrogen-bond acceptors (Lipinski definition) is 3. The van der Waals surface area contributed by atoms with Crippen LogP contribution in [0.3, 0.4) is 0 Å². The Morgan fingerprint density at radius 2 is 2.06 bits per heavy atom. The normalized spacial score (nSPS) is 27.6. The summed E-state index contributed by atoms with van der Waals surface area (Å²) in [7, 11) is 0. The Morgan fingerprint density at radius 1 is 1.39 bits per heavy atom. The van der Waals surface area contributed by atoms with E-state index < -0.39 is 0 Å². The molecule has 0 heterocycles. The molecule has 0 aliphatic heterocycles. The Labute approximate surface area is 109 Å². The first kappa shape index (κ1) is 13.4. The second-order valence-electron chi connectivity index (χ2n) is 6.08. The average molecular weight is 249 g/mol. The second kappa shape index (κ2) is 4.56. The highest BCUT2D eigenvalue weighted by Gasteiger charge is 2.47. The lowest BCUT2D eigenvalue weighted by Crippen LogP contribution is -2.60. The summed E-state index contributed by atoms with van der Waals surface area (Å²) in [4.78, 5) is 0. The van der Waals surface area contributed by atoms with E-state index in [4.69, 9.17) is 0 Å². The standard InChI is InChI=1S/C15H23NO2/c1-9-5-6-11(12(17)7-9)10(2)16-13-8-14(18)15(13,3)4/h5-7,10,13-14,16-18H,8H2,1-4H3. The maximum atomic E-state index is 9.96. The van der Waals surface area contributed by atoms with E-state index in [0.29, 0.717) is 11.8 Å². The van der Waals surface area contributed by atoms with Crippen LogP contribution >= 0.6 is 0 Å². The minimum Gasteiger partial charge on any atom is -0.508 e. The van der Waals surface area contributed by atoms with E-state index in [1.807, 2.05) is 26.0 Å². The molecule has 0 bridgehead atoms. The van der Waals surface area contributed by atoms with Crippen LogP contribution in [0.25, 0.3) is 0 Å². The summed E-state index contributed by atoms with van der Waals surface area (Å²) in [6, 6.07) is 6.14. The summed E-state index contributed by atoms with van der Waals surface area (Å²) in [5, 5.41) is 23.2. The number of rotatable bonds is 3. The smallest absolute Gasteiger partial charge is 0.120 e. The zero-order valence-corrected chi connectivity index (χ0v) is 11.6. The van der Waals surface area contributed by atoms with Gasteiger partial charge in [0.2, 0.25) is 0 Å². The van der Waals surface area contributed by atoms with Gasteiger partial charge in [-0.1, -0.05) is 26.0 Å². The number of phenolic OH excluding ortho intramolecular Hbond substituents is 1. The van der Waals surface area contributed by atoms with Gasteiger partial charge in [0.1, 0.15) is 5.75 Å². The van der Waals surface area contributed by atoms with Crippen molar-refractivity contribution in [1.29, 1.82) is 0 Å². The van der Waals surface area contributed by atoms with Gasteiger partial charge >= 0.3 is 0 Å². The topological polar surface area (TPSA) is 52.5 Å². The van der Waals surface area contributed by atoms with Gasteiger partial charge in [-0.25, -0.2) is 0 Å². The van der Waals surface area contributed by atoms with Crippen LogP contribution in [0.15, 0.2) is 18.2 Å². The molecule has 3 atom stereocenters. The number of aryl methyl sites for hydroxylation is 1. The van der Waals surface area contributed by atoms with E-state index in [0.717, 1.165) is 17.5 Å². The molecule has 1 fully saturated rings. The minimum absolute atomic E-state index is 0.0855. The third-order valence-corrected chi connectivity index (χ3v) is 4.32. The van der Waals surface area contributed by atoms with Crippen LogP contribution in [-0.2, 0) is 0 Å². The van der Waals surface area contributed by atoms with E-state index in [2.05, 4.69) is 19.2 Å². The lowest BCUT2D eigenvalue weighted by Gasteiger charge is -2.50. The molecule has 3 nitrogen and oxygen atoms in total. The molecule has 1 saturated carbocycles. The number of hydrogen-bond donors (Lipinski definition) is 3. The van der Waals surface area contributed by atoms with Gasteiger partial charge < -0.3 is 15.5 Å². The van der Waals surface area contributed by atoms with Gasteiger partial charge in [-0.3, -0.25) is 0 Å². The summed E-state index contributed by atoms with van der Waals surface area (Å²) in [5.41, 5.74) is 1.88. The molecule has 18 heavy (non-hydrogen) atoms. The Balaban J connectivity index is 2.07. The average Bonchev–Trinajstić information content (AvgIpc) is 2.28. The van der Waals surface area contributed by atoms with Gasteiger partial charge in [-0.2, -0.15) is 0 Å². The quantitative estimate of drug-likeness (QED) is 0.771. The molecule has 2 rings (SSSR count). The molecule has 1 aromatic carbocycles. The van der Waals surface area contributed by atoms with Gasteiger partial charge in [-0.15, -0.1) is 0 Å². The first-order valence-corrected chi connectivity index (χ1v) is 6.56. The van der Waals surface area contributed by atoms with Crippen molar-refractivity contribution in [1.82, 2.24) is 5.32 Å². The summed E-state index contributed by atoms with van der Waals surface area (Å²) < 4.78 is 0. The molecule has 3 unspecified atom stereocenters. The maximum absolute atomic E-state index is 9.96. The van der Waals surface area contributed by atoms with Crippen molar-refractivity contribution in [3.05, 3.63) is 29.3 Å². The van der Waals surface area contributed by atoms with E-state index in [-0.39, 0.29) is 17.6 Å². The van der Waals surface area contributed by atoms with Gasteiger partial charge in [-0.05, 0) is 31.9 Å². The zero-order chi connectivity index (χ0) is 13.5. The van der Waals surface area contributed by atoms with Crippen LogP contribution in [-0.4, -0.2) is 22.4 Å². The summed E-state index contributed by atoms with van der Waals surface area (Å²) >= 11 is 0. The first-order chi connectivity index (χ1) is 8.32. The Bertz CT molecular complexity index is 442. The zero-order valence-electron chi connectivity index (χ0n) is 11.6. The molecule has 1 aliphatic carbocycles. The molecule has 100 valence electrons. The molecule has 1 aromatic rings. The van der Waals surface area contributed by atoms with Crippen LogP contribution in [0.1, 0.15) is 44.4 Å². The number of phenols is 1. The van der Waals surface area contributed by atoms with Crippen molar-refractivity contribution in [2.24, 2.45) is 5.41 Å². The molecular weight excluding hydrogens is 226 g/mol. The molecule has 0 saturated heterocycles. The monoisotopic (exact) mass is 249 g/mol. The summed E-state index contributed by atoms with van der Waals surface area (Å²) in [6.07, 6.45) is 0.554. The maximum Gasteiger partial charge on any atom is 0.120 e. The third kappa shape index (κ3) is 2.25. The number of nitrogens with one attached hydrogen (secondary N) is 1. The van der Waals surface area contributed by atoms with Gasteiger partial charge in [0.25, 0.3) is 0 Å². The van der Waals surface area contributed by atoms with Crippen molar-refractivity contribution in [2.75, 3.05) is 0 Å². The fourth-order valence-electron chi connectivity index (χ4n) is 2.60. The van der Waals surface area contributed by atoms with E-state index >= 15 is 0 Å². The lowest BCUT2D eigenvalue weighted by molar-refractivity contribution is -0.0755. The predicted molar refractivity (Wildman–Crippen MR) is 72.6 cm³/mol. The van der Waals surface area contributed by atoms with Crippen LogP contribution in [0.2, 0.25) is 0 Å². The van der Waals surface area contributed by atoms with E-state index in [1.54, 1.807) is 6.07 Å². The molecule has 0 spiro atoms. The van der Waals surface area contributed by atoms with Crippen LogP contribution < -0.4 is 5.32 Å². The molecule has 1 aliphatic rings. The molecule has 0 aromatic heterocycles. The highest BCUT2D eigenvalue weighted by atomic mass is 16.3. The highest BCUT2D eigenvalue weighted by Crippen LogP contribution is 2.41. The summed E-state index contributed by atoms with van der Waals surface area (Å²) in [5.74, 6) is 0.340. The van der Waals surface area contributed by atoms with Crippen molar-refractivity contribution >= 4 is 0 Å². The van der Waals surface area contributed by atoms with Crippen LogP contribution in [0.4, 0.5) is 0 Å². The molecular formula is C15H23NO2. The SMILES string of the molecule is Cc1ccc(C(C)NC2CC(O)C2(C)C)c(O)c1. The Hall–Kier alpha value is -1.06. The number of aliphatic hydroxyl groups excluding tert-OH is 1. The lowest BCUT2D eigenvalue weighted by atomic mass is 9.64. The van der Waals surface area contributed by atoms with Crippen molar-refractivity contribution in [2.45, 2.75) is 52.3 Å². The summed E-state index contributed by atoms with van der Waals surface area (Å²) in [6.45, 7) is 8.15. The van der Waals surface area contributed by atoms with Crippen molar-refractivity contribution in [3.63, 3.8) is 0 Å². The molecule has 3 heteroatoms. The molecule has 3 N–H and O–H groups in total. The molecule has 0 amide bonds. The second-order valence-corrected chi connectivity index (χ2v) is 6.08. The largest absolute Gasteiger partial charge is 0.508 e.